The van der Waals surface area contributed by atoms with Crippen LogP contribution in [0.4, 0.5) is 0 Å². The molecular weight excluding hydrogens is 248 g/mol. The summed E-state index contributed by atoms with van der Waals surface area (Å²) in [5.41, 5.74) is 1.89. The summed E-state index contributed by atoms with van der Waals surface area (Å²) < 4.78 is 5.18. The van der Waals surface area contributed by atoms with Crippen LogP contribution in [0, 0.1) is 5.92 Å². The molecule has 4 rings (SSSR count). The predicted octanol–water partition coefficient (Wildman–Crippen LogP) is 3.12. The number of rotatable bonds is 4. The van der Waals surface area contributed by atoms with Crippen molar-refractivity contribution in [1.82, 2.24) is 9.80 Å². The third-order valence-corrected chi connectivity index (χ3v) is 5.69. The Morgan fingerprint density at radius 3 is 2.70 bits per heavy atom. The van der Waals surface area contributed by atoms with E-state index < -0.39 is 0 Å². The molecule has 0 bridgehead atoms. The van der Waals surface area contributed by atoms with Gasteiger partial charge in [-0.05, 0) is 57.1 Å². The molecule has 2 aliphatic heterocycles. The Balaban J connectivity index is 1.35. The Kier molecular flexibility index (Phi) is 3.35. The minimum Gasteiger partial charge on any atom is -0.472 e. The highest BCUT2D eigenvalue weighted by atomic mass is 16.3. The van der Waals surface area contributed by atoms with Crippen molar-refractivity contribution in [3.8, 4) is 0 Å². The average Bonchev–Trinajstić information content (AvgIpc) is 2.98. The van der Waals surface area contributed by atoms with Crippen molar-refractivity contribution in [3.63, 3.8) is 0 Å². The van der Waals surface area contributed by atoms with Crippen molar-refractivity contribution < 1.29 is 4.42 Å². The second kappa shape index (κ2) is 5.19. The second-order valence-corrected chi connectivity index (χ2v) is 7.13. The van der Waals surface area contributed by atoms with Gasteiger partial charge in [0.15, 0.2) is 0 Å². The third kappa shape index (κ3) is 2.53. The summed E-state index contributed by atoms with van der Waals surface area (Å²) in [6.45, 7) is 6.33. The van der Waals surface area contributed by atoms with Crippen molar-refractivity contribution in [2.24, 2.45) is 5.92 Å². The van der Waals surface area contributed by atoms with Gasteiger partial charge in [-0.25, -0.2) is 0 Å². The van der Waals surface area contributed by atoms with E-state index in [9.17, 15) is 0 Å². The standard InChI is InChI=1S/C17H26N2O/c1-5-17(19(8-1)13-15-2-3-15)6-9-18(10-7-17)12-16-4-11-20-14-16/h4,11,14-15H,1-3,5-10,12-13H2. The topological polar surface area (TPSA) is 19.6 Å². The number of hydrogen-bond acceptors (Lipinski definition) is 3. The van der Waals surface area contributed by atoms with E-state index in [1.54, 1.807) is 6.26 Å². The van der Waals surface area contributed by atoms with Crippen LogP contribution in [0.5, 0.6) is 0 Å². The van der Waals surface area contributed by atoms with Crippen LogP contribution in [-0.2, 0) is 6.54 Å². The molecule has 0 amide bonds. The van der Waals surface area contributed by atoms with E-state index in [1.807, 2.05) is 6.26 Å². The summed E-state index contributed by atoms with van der Waals surface area (Å²) in [5, 5.41) is 0. The van der Waals surface area contributed by atoms with Crippen LogP contribution >= 0.6 is 0 Å². The highest BCUT2D eigenvalue weighted by Crippen LogP contribution is 2.41. The summed E-state index contributed by atoms with van der Waals surface area (Å²) in [5.74, 6) is 1.04. The molecule has 1 aromatic rings. The van der Waals surface area contributed by atoms with Crippen LogP contribution in [0.1, 0.15) is 44.1 Å². The van der Waals surface area contributed by atoms with Gasteiger partial charge in [0.1, 0.15) is 0 Å². The molecule has 1 aromatic heterocycles. The van der Waals surface area contributed by atoms with E-state index in [2.05, 4.69) is 15.9 Å². The molecule has 3 heteroatoms. The zero-order chi connectivity index (χ0) is 13.4. The zero-order valence-corrected chi connectivity index (χ0v) is 12.4. The maximum absolute atomic E-state index is 5.18. The first-order valence-corrected chi connectivity index (χ1v) is 8.33. The Hall–Kier alpha value is -0.800. The molecule has 1 aliphatic carbocycles. The van der Waals surface area contributed by atoms with E-state index in [0.29, 0.717) is 5.54 Å². The fraction of sp³-hybridized carbons (Fsp3) is 0.765. The maximum atomic E-state index is 5.18. The molecule has 3 nitrogen and oxygen atoms in total. The molecule has 1 spiro atoms. The molecule has 3 aliphatic rings. The van der Waals surface area contributed by atoms with Crippen molar-refractivity contribution in [2.45, 2.75) is 50.6 Å². The minimum atomic E-state index is 0.565. The van der Waals surface area contributed by atoms with Gasteiger partial charge >= 0.3 is 0 Å². The number of hydrogen-bond donors (Lipinski definition) is 0. The SMILES string of the molecule is c1cc(CN2CCC3(CCCN3CC3CC3)CC2)co1. The largest absolute Gasteiger partial charge is 0.472 e. The van der Waals surface area contributed by atoms with Crippen LogP contribution in [0.2, 0.25) is 0 Å². The molecule has 0 radical (unpaired) electrons. The molecule has 0 aromatic carbocycles. The van der Waals surface area contributed by atoms with Crippen molar-refractivity contribution in [2.75, 3.05) is 26.2 Å². The molecule has 0 atom stereocenters. The lowest BCUT2D eigenvalue weighted by molar-refractivity contribution is 0.0471. The zero-order valence-electron chi connectivity index (χ0n) is 12.4. The first-order chi connectivity index (χ1) is 9.84. The van der Waals surface area contributed by atoms with Crippen molar-refractivity contribution >= 4 is 0 Å². The second-order valence-electron chi connectivity index (χ2n) is 7.13. The number of furan rings is 1. The van der Waals surface area contributed by atoms with Crippen LogP contribution in [0.3, 0.4) is 0 Å². The summed E-state index contributed by atoms with van der Waals surface area (Å²) >= 11 is 0. The fourth-order valence-corrected chi connectivity index (χ4v) is 4.23. The van der Waals surface area contributed by atoms with E-state index in [0.717, 1.165) is 12.5 Å². The predicted molar refractivity (Wildman–Crippen MR) is 79.5 cm³/mol. The van der Waals surface area contributed by atoms with Gasteiger partial charge in [-0.15, -0.1) is 0 Å². The quantitative estimate of drug-likeness (QED) is 0.841. The van der Waals surface area contributed by atoms with Gasteiger partial charge < -0.3 is 4.42 Å². The number of piperidine rings is 1. The molecule has 110 valence electrons. The fourth-order valence-electron chi connectivity index (χ4n) is 4.23. The lowest BCUT2D eigenvalue weighted by Crippen LogP contribution is -2.52. The summed E-state index contributed by atoms with van der Waals surface area (Å²) in [6, 6.07) is 2.10. The van der Waals surface area contributed by atoms with Crippen LogP contribution < -0.4 is 0 Å². The number of likely N-dealkylation sites (tertiary alicyclic amines) is 2. The van der Waals surface area contributed by atoms with Crippen molar-refractivity contribution in [1.29, 1.82) is 0 Å². The summed E-state index contributed by atoms with van der Waals surface area (Å²) in [7, 11) is 0. The van der Waals surface area contributed by atoms with E-state index in [4.69, 9.17) is 4.42 Å². The van der Waals surface area contributed by atoms with Gasteiger partial charge in [-0.2, -0.15) is 0 Å². The lowest BCUT2D eigenvalue weighted by atomic mass is 9.84. The van der Waals surface area contributed by atoms with Gasteiger partial charge in [0, 0.05) is 37.3 Å². The molecule has 3 fully saturated rings. The number of nitrogens with zero attached hydrogens (tertiary/aromatic N) is 2. The van der Waals surface area contributed by atoms with E-state index >= 15 is 0 Å². The first kappa shape index (κ1) is 12.9. The summed E-state index contributed by atoms with van der Waals surface area (Å²) in [4.78, 5) is 5.46. The highest BCUT2D eigenvalue weighted by molar-refractivity contribution is 5.06. The molecular formula is C17H26N2O. The third-order valence-electron chi connectivity index (χ3n) is 5.69. The molecule has 0 unspecified atom stereocenters. The molecule has 1 saturated carbocycles. The Morgan fingerprint density at radius 2 is 2.00 bits per heavy atom. The van der Waals surface area contributed by atoms with Crippen LogP contribution in [-0.4, -0.2) is 41.5 Å². The summed E-state index contributed by atoms with van der Waals surface area (Å²) in [6.07, 6.45) is 12.3. The molecule has 3 heterocycles. The van der Waals surface area contributed by atoms with Gasteiger partial charge in [-0.3, -0.25) is 9.80 Å². The molecule has 2 saturated heterocycles. The van der Waals surface area contributed by atoms with Gasteiger partial charge in [0.05, 0.1) is 12.5 Å². The minimum absolute atomic E-state index is 0.565. The maximum Gasteiger partial charge on any atom is 0.0947 e. The van der Waals surface area contributed by atoms with Crippen LogP contribution in [0.25, 0.3) is 0 Å². The van der Waals surface area contributed by atoms with Gasteiger partial charge in [-0.1, -0.05) is 0 Å². The van der Waals surface area contributed by atoms with Gasteiger partial charge in [0.25, 0.3) is 0 Å². The molecule has 20 heavy (non-hydrogen) atoms. The Labute approximate surface area is 121 Å². The highest BCUT2D eigenvalue weighted by Gasteiger charge is 2.44. The smallest absolute Gasteiger partial charge is 0.0947 e. The first-order valence-electron chi connectivity index (χ1n) is 8.33. The van der Waals surface area contributed by atoms with Crippen LogP contribution in [0.15, 0.2) is 23.0 Å². The Morgan fingerprint density at radius 1 is 1.15 bits per heavy atom. The van der Waals surface area contributed by atoms with E-state index in [1.165, 1.54) is 70.3 Å². The normalized spacial score (nSPS) is 27.4. The monoisotopic (exact) mass is 274 g/mol. The van der Waals surface area contributed by atoms with E-state index in [-0.39, 0.29) is 0 Å². The average molecular weight is 274 g/mol. The van der Waals surface area contributed by atoms with Crippen molar-refractivity contribution in [3.05, 3.63) is 24.2 Å². The lowest BCUT2D eigenvalue weighted by Gasteiger charge is -2.45. The molecule has 0 N–H and O–H groups in total. The Bertz CT molecular complexity index is 430. The van der Waals surface area contributed by atoms with Gasteiger partial charge in [0.2, 0.25) is 0 Å².